The predicted octanol–water partition coefficient (Wildman–Crippen LogP) is 6.58. The van der Waals surface area contributed by atoms with Gasteiger partial charge < -0.3 is 34.0 Å². The Morgan fingerprint density at radius 2 is 1.63 bits per heavy atom. The highest BCUT2D eigenvalue weighted by Crippen LogP contribution is 2.29. The molecule has 0 spiro atoms. The number of anilines is 1. The number of benzene rings is 1. The molecule has 0 bridgehead atoms. The minimum absolute atomic E-state index is 0.0360. The van der Waals surface area contributed by atoms with E-state index in [0.29, 0.717) is 50.6 Å². The first kappa shape index (κ1) is 37.3. The number of carbonyl (C=O) groups is 2. The lowest BCUT2D eigenvalue weighted by atomic mass is 9.91. The van der Waals surface area contributed by atoms with Crippen molar-refractivity contribution < 1.29 is 33.3 Å². The van der Waals surface area contributed by atoms with Crippen LogP contribution in [0.25, 0.3) is 6.08 Å². The van der Waals surface area contributed by atoms with Crippen LogP contribution in [-0.4, -0.2) is 103 Å². The van der Waals surface area contributed by atoms with Crippen LogP contribution in [0.5, 0.6) is 0 Å². The number of aliphatic hydroxyl groups excluding tert-OH is 1. The number of esters is 1. The molecule has 1 aromatic rings. The van der Waals surface area contributed by atoms with Crippen LogP contribution >= 0.6 is 0 Å². The van der Waals surface area contributed by atoms with Gasteiger partial charge in [0.1, 0.15) is 18.0 Å². The zero-order chi connectivity index (χ0) is 35.1. The Hall–Kier alpha value is -2.95. The van der Waals surface area contributed by atoms with Crippen molar-refractivity contribution >= 4 is 23.8 Å². The van der Waals surface area contributed by atoms with E-state index in [1.165, 1.54) is 25.3 Å². The van der Waals surface area contributed by atoms with Gasteiger partial charge in [0.15, 0.2) is 0 Å². The quantitative estimate of drug-likeness (QED) is 0.275. The van der Waals surface area contributed by atoms with Crippen LogP contribution in [-0.2, 0) is 19.0 Å². The van der Waals surface area contributed by atoms with Crippen LogP contribution < -0.4 is 4.90 Å². The molecule has 4 aliphatic heterocycles. The van der Waals surface area contributed by atoms with Gasteiger partial charge in [0.2, 0.25) is 0 Å². The Bertz CT molecular complexity index is 1310. The maximum Gasteiger partial charge on any atom is 0.410 e. The number of aliphatic hydroxyl groups is 1. The number of morpholine rings is 1. The van der Waals surface area contributed by atoms with Gasteiger partial charge in [-0.25, -0.2) is 9.18 Å². The largest absolute Gasteiger partial charge is 0.457 e. The molecule has 9 nitrogen and oxygen atoms in total. The van der Waals surface area contributed by atoms with Crippen LogP contribution in [0.15, 0.2) is 35.9 Å². The normalized spacial score (nSPS) is 32.5. The molecule has 0 saturated carbocycles. The summed E-state index contributed by atoms with van der Waals surface area (Å²) in [6.45, 7) is 14.9. The summed E-state index contributed by atoms with van der Waals surface area (Å²) in [6.07, 6.45) is 10.1. The summed E-state index contributed by atoms with van der Waals surface area (Å²) < 4.78 is 32.9. The van der Waals surface area contributed by atoms with Gasteiger partial charge in [-0.05, 0) is 114 Å². The van der Waals surface area contributed by atoms with E-state index in [-0.39, 0.29) is 42.4 Å². The first-order valence-corrected chi connectivity index (χ1v) is 18.6. The fraction of sp³-hybridized carbons (Fsp3) is 0.692. The van der Waals surface area contributed by atoms with E-state index >= 15 is 0 Å². The second-order valence-corrected chi connectivity index (χ2v) is 15.0. The standard InChI is InChI=1S/C39H58FN3O6/c1-26-9-11-35(44)23-37(45)49-38(28(3)19-31-20-32(40)22-34(21-31)43-24-29(4)47-30(5)25-43)27(2)10-12-36(26)48-39(46)42-17-13-33(14-18-42)41-15-7-6-8-16-41/h10,12,19-22,26-27,29-30,33,35-36,38,44H,6-9,11,13-18,23-25H2,1-5H3/b12-10+,28-19+/t26-,27+,29-,30+,35+,36-,38+/m1/s1. The average Bonchev–Trinajstić information content (AvgIpc) is 3.07. The van der Waals surface area contributed by atoms with Gasteiger partial charge in [-0.1, -0.05) is 32.4 Å². The minimum Gasteiger partial charge on any atom is -0.457 e. The highest BCUT2D eigenvalue weighted by atomic mass is 19.1. The molecule has 3 saturated heterocycles. The summed E-state index contributed by atoms with van der Waals surface area (Å²) >= 11 is 0. The Balaban J connectivity index is 1.30. The number of nitrogens with zero attached hydrogens (tertiary/aromatic N) is 3. The van der Waals surface area contributed by atoms with E-state index in [2.05, 4.69) is 9.80 Å². The van der Waals surface area contributed by atoms with Crippen molar-refractivity contribution in [2.45, 2.75) is 123 Å². The lowest BCUT2D eigenvalue weighted by Crippen LogP contribution is -2.48. The molecule has 1 N–H and O–H groups in total. The zero-order valence-corrected chi connectivity index (χ0v) is 30.2. The summed E-state index contributed by atoms with van der Waals surface area (Å²) in [5.74, 6) is -1.16. The minimum atomic E-state index is -0.868. The second-order valence-electron chi connectivity index (χ2n) is 15.0. The molecule has 0 aromatic heterocycles. The third-order valence-electron chi connectivity index (χ3n) is 10.7. The molecule has 0 unspecified atom stereocenters. The van der Waals surface area contributed by atoms with Crippen molar-refractivity contribution in [2.75, 3.05) is 44.2 Å². The SMILES string of the molecule is C/C(=C\c1cc(F)cc(N2C[C@@H](C)O[C@@H](C)C2)c1)[C@H]1OC(=O)C[C@@H](O)CC[C@@H](C)[C@H](OC(=O)N2CCC(N3CCCCC3)CC2)/C=C/[C@@H]1C. The van der Waals surface area contributed by atoms with E-state index in [0.717, 1.165) is 37.2 Å². The molecule has 0 aliphatic carbocycles. The number of carbonyl (C=O) groups excluding carboxylic acids is 2. The highest BCUT2D eigenvalue weighted by molar-refractivity contribution is 5.71. The number of hydrogen-bond donors (Lipinski definition) is 1. The fourth-order valence-electron chi connectivity index (χ4n) is 7.93. The van der Waals surface area contributed by atoms with Gasteiger partial charge in [0.25, 0.3) is 0 Å². The summed E-state index contributed by atoms with van der Waals surface area (Å²) in [5, 5.41) is 10.7. The number of cyclic esters (lactones) is 1. The smallest absolute Gasteiger partial charge is 0.410 e. The molecule has 10 heteroatoms. The van der Waals surface area contributed by atoms with E-state index in [4.69, 9.17) is 14.2 Å². The van der Waals surface area contributed by atoms with Crippen LogP contribution in [0, 0.1) is 17.7 Å². The molecular formula is C39H58FN3O6. The van der Waals surface area contributed by atoms with E-state index in [1.807, 2.05) is 63.8 Å². The maximum absolute atomic E-state index is 14.9. The van der Waals surface area contributed by atoms with Crippen molar-refractivity contribution in [3.05, 3.63) is 47.3 Å². The molecule has 49 heavy (non-hydrogen) atoms. The molecule has 0 radical (unpaired) electrons. The van der Waals surface area contributed by atoms with Gasteiger partial charge in [0, 0.05) is 43.8 Å². The number of ether oxygens (including phenoxy) is 3. The summed E-state index contributed by atoms with van der Waals surface area (Å²) in [4.78, 5) is 33.0. The molecule has 272 valence electrons. The monoisotopic (exact) mass is 683 g/mol. The summed E-state index contributed by atoms with van der Waals surface area (Å²) in [6, 6.07) is 5.51. The number of amides is 1. The predicted molar refractivity (Wildman–Crippen MR) is 190 cm³/mol. The molecule has 5 rings (SSSR count). The molecule has 1 amide bonds. The first-order chi connectivity index (χ1) is 23.4. The van der Waals surface area contributed by atoms with Gasteiger partial charge in [0.05, 0.1) is 24.7 Å². The van der Waals surface area contributed by atoms with Crippen LogP contribution in [0.4, 0.5) is 14.9 Å². The third kappa shape index (κ3) is 10.5. The summed E-state index contributed by atoms with van der Waals surface area (Å²) in [5.41, 5.74) is 2.19. The number of hydrogen-bond acceptors (Lipinski definition) is 8. The molecule has 3 fully saturated rings. The molecule has 4 aliphatic rings. The maximum atomic E-state index is 14.9. The van der Waals surface area contributed by atoms with Crippen molar-refractivity contribution in [1.29, 1.82) is 0 Å². The zero-order valence-electron chi connectivity index (χ0n) is 30.2. The molecule has 4 heterocycles. The Morgan fingerprint density at radius 1 is 0.939 bits per heavy atom. The fourth-order valence-corrected chi connectivity index (χ4v) is 7.93. The topological polar surface area (TPSA) is 91.8 Å². The number of rotatable bonds is 5. The Morgan fingerprint density at radius 3 is 2.33 bits per heavy atom. The lowest BCUT2D eigenvalue weighted by Gasteiger charge is -2.40. The van der Waals surface area contributed by atoms with Crippen molar-refractivity contribution in [1.82, 2.24) is 9.80 Å². The van der Waals surface area contributed by atoms with Crippen molar-refractivity contribution in [2.24, 2.45) is 11.8 Å². The summed E-state index contributed by atoms with van der Waals surface area (Å²) in [7, 11) is 0. The van der Waals surface area contributed by atoms with Crippen molar-refractivity contribution in [3.63, 3.8) is 0 Å². The molecular weight excluding hydrogens is 625 g/mol. The number of halogens is 1. The number of piperidine rings is 2. The average molecular weight is 684 g/mol. The second kappa shape index (κ2) is 17.3. The van der Waals surface area contributed by atoms with Gasteiger partial charge in [-0.15, -0.1) is 0 Å². The lowest BCUT2D eigenvalue weighted by molar-refractivity contribution is -0.151. The van der Waals surface area contributed by atoms with E-state index in [9.17, 15) is 19.1 Å². The van der Waals surface area contributed by atoms with E-state index < -0.39 is 24.3 Å². The third-order valence-corrected chi connectivity index (χ3v) is 10.7. The highest BCUT2D eigenvalue weighted by Gasteiger charge is 2.32. The van der Waals surface area contributed by atoms with Gasteiger partial charge in [-0.3, -0.25) is 4.79 Å². The van der Waals surface area contributed by atoms with Gasteiger partial charge >= 0.3 is 12.1 Å². The van der Waals surface area contributed by atoms with Gasteiger partial charge in [-0.2, -0.15) is 0 Å². The number of likely N-dealkylation sites (tertiary alicyclic amines) is 2. The Labute approximate surface area is 292 Å². The van der Waals surface area contributed by atoms with Crippen LogP contribution in [0.3, 0.4) is 0 Å². The molecule has 1 aromatic carbocycles. The van der Waals surface area contributed by atoms with E-state index in [1.54, 1.807) is 6.07 Å². The first-order valence-electron chi connectivity index (χ1n) is 18.6. The van der Waals surface area contributed by atoms with Crippen molar-refractivity contribution in [3.8, 4) is 0 Å². The Kier molecular flexibility index (Phi) is 13.2. The van der Waals surface area contributed by atoms with Crippen LogP contribution in [0.2, 0.25) is 0 Å². The van der Waals surface area contributed by atoms with Crippen LogP contribution in [0.1, 0.15) is 91.5 Å². The molecule has 7 atom stereocenters.